The molecule has 0 bridgehead atoms. The Morgan fingerprint density at radius 2 is 1.79 bits per heavy atom. The average Bonchev–Trinajstić information content (AvgIpc) is 2.51. The summed E-state index contributed by atoms with van der Waals surface area (Å²) in [6, 6.07) is 7.25. The Morgan fingerprint density at radius 3 is 2.29 bits per heavy atom. The Morgan fingerprint density at radius 1 is 1.21 bits per heavy atom. The number of unbranched alkanes of at least 4 members (excludes halogenated alkanes) is 1. The monoisotopic (exact) mass is 212 g/mol. The van der Waals surface area contributed by atoms with Crippen LogP contribution >= 0.6 is 7.60 Å². The molecule has 0 saturated heterocycles. The van der Waals surface area contributed by atoms with Crippen molar-refractivity contribution in [2.75, 3.05) is 6.16 Å². The molecule has 1 aromatic rings. The van der Waals surface area contributed by atoms with Gasteiger partial charge in [0.15, 0.2) is 11.5 Å². The largest absolute Gasteiger partial charge is 0.430 e. The van der Waals surface area contributed by atoms with Gasteiger partial charge < -0.3 is 9.05 Å². The van der Waals surface area contributed by atoms with Crippen LogP contribution in [0.25, 0.3) is 0 Å². The lowest BCUT2D eigenvalue weighted by Crippen LogP contribution is -1.97. The first-order valence-corrected chi connectivity index (χ1v) is 6.53. The SMILES string of the molecule is CCCCP1(=O)Oc2ccccc2O1. The van der Waals surface area contributed by atoms with Crippen LogP contribution in [0.1, 0.15) is 19.8 Å². The maximum Gasteiger partial charge on any atom is 0.430 e. The Balaban J connectivity index is 2.14. The van der Waals surface area contributed by atoms with Crippen LogP contribution in [-0.4, -0.2) is 6.16 Å². The van der Waals surface area contributed by atoms with Gasteiger partial charge in [-0.1, -0.05) is 25.5 Å². The molecule has 0 amide bonds. The first-order valence-electron chi connectivity index (χ1n) is 4.81. The molecule has 2 rings (SSSR count). The fraction of sp³-hybridized carbons (Fsp3) is 0.400. The van der Waals surface area contributed by atoms with Crippen LogP contribution in [0.3, 0.4) is 0 Å². The van der Waals surface area contributed by atoms with E-state index in [1.165, 1.54) is 0 Å². The fourth-order valence-electron chi connectivity index (χ4n) is 1.36. The Hall–Kier alpha value is -0.950. The van der Waals surface area contributed by atoms with Crippen molar-refractivity contribution in [2.45, 2.75) is 19.8 Å². The zero-order valence-electron chi connectivity index (χ0n) is 8.10. The van der Waals surface area contributed by atoms with E-state index in [9.17, 15) is 4.57 Å². The number of fused-ring (bicyclic) bond motifs is 1. The number of hydrogen-bond donors (Lipinski definition) is 0. The van der Waals surface area contributed by atoms with Gasteiger partial charge in [0, 0.05) is 0 Å². The molecule has 1 aliphatic heterocycles. The van der Waals surface area contributed by atoms with Crippen LogP contribution in [0.4, 0.5) is 0 Å². The molecule has 0 spiro atoms. The van der Waals surface area contributed by atoms with E-state index in [0.29, 0.717) is 17.7 Å². The minimum atomic E-state index is -2.87. The molecule has 0 saturated carbocycles. The van der Waals surface area contributed by atoms with Crippen LogP contribution in [-0.2, 0) is 4.57 Å². The predicted octanol–water partition coefficient (Wildman–Crippen LogP) is 3.45. The highest BCUT2D eigenvalue weighted by molar-refractivity contribution is 7.55. The van der Waals surface area contributed by atoms with Gasteiger partial charge in [-0.3, -0.25) is 0 Å². The van der Waals surface area contributed by atoms with Crippen LogP contribution < -0.4 is 9.05 Å². The Kier molecular flexibility index (Phi) is 2.51. The van der Waals surface area contributed by atoms with Gasteiger partial charge in [-0.25, -0.2) is 4.57 Å². The summed E-state index contributed by atoms with van der Waals surface area (Å²) in [4.78, 5) is 0. The zero-order chi connectivity index (χ0) is 10.0. The van der Waals surface area contributed by atoms with Gasteiger partial charge in [0.05, 0.1) is 6.16 Å². The molecule has 1 aliphatic rings. The van der Waals surface area contributed by atoms with Gasteiger partial charge in [0.2, 0.25) is 0 Å². The lowest BCUT2D eigenvalue weighted by molar-refractivity contribution is 0.428. The Bertz CT molecular complexity index is 346. The lowest BCUT2D eigenvalue weighted by Gasteiger charge is -2.08. The first kappa shape index (κ1) is 9.60. The van der Waals surface area contributed by atoms with Crippen LogP contribution in [0.2, 0.25) is 0 Å². The van der Waals surface area contributed by atoms with Crippen molar-refractivity contribution in [1.29, 1.82) is 0 Å². The molecule has 0 radical (unpaired) electrons. The molecule has 0 N–H and O–H groups in total. The zero-order valence-corrected chi connectivity index (χ0v) is 9.00. The summed E-state index contributed by atoms with van der Waals surface area (Å²) in [5, 5.41) is 0. The van der Waals surface area contributed by atoms with Crippen molar-refractivity contribution in [3.63, 3.8) is 0 Å². The molecular formula is C10H13O3P. The van der Waals surface area contributed by atoms with E-state index in [-0.39, 0.29) is 0 Å². The van der Waals surface area contributed by atoms with E-state index < -0.39 is 7.60 Å². The molecule has 0 fully saturated rings. The Labute approximate surface area is 83.6 Å². The first-order chi connectivity index (χ1) is 6.73. The average molecular weight is 212 g/mol. The standard InChI is InChI=1S/C10H13O3P/c1-2-3-8-14(11)12-9-6-4-5-7-10(9)13-14/h4-7H,2-3,8H2,1H3. The quantitative estimate of drug-likeness (QED) is 0.720. The smallest absolute Gasteiger partial charge is 0.412 e. The highest BCUT2D eigenvalue weighted by atomic mass is 31.2. The van der Waals surface area contributed by atoms with Gasteiger partial charge >= 0.3 is 7.60 Å². The topological polar surface area (TPSA) is 35.5 Å². The summed E-state index contributed by atoms with van der Waals surface area (Å²) in [6.45, 7) is 2.05. The molecule has 0 aliphatic carbocycles. The van der Waals surface area contributed by atoms with Crippen molar-refractivity contribution < 1.29 is 13.6 Å². The summed E-state index contributed by atoms with van der Waals surface area (Å²) in [5.74, 6) is 1.21. The molecule has 4 heteroatoms. The van der Waals surface area contributed by atoms with E-state index in [2.05, 4.69) is 6.92 Å². The van der Waals surface area contributed by atoms with E-state index in [1.807, 2.05) is 12.1 Å². The predicted molar refractivity (Wildman–Crippen MR) is 55.1 cm³/mol. The van der Waals surface area contributed by atoms with Gasteiger partial charge in [-0.05, 0) is 18.6 Å². The third-order valence-corrected chi connectivity index (χ3v) is 3.92. The summed E-state index contributed by atoms with van der Waals surface area (Å²) in [5.41, 5.74) is 0. The molecule has 14 heavy (non-hydrogen) atoms. The molecular weight excluding hydrogens is 199 g/mol. The molecule has 0 unspecified atom stereocenters. The molecule has 3 nitrogen and oxygen atoms in total. The minimum absolute atomic E-state index is 0.498. The third kappa shape index (κ3) is 1.78. The van der Waals surface area contributed by atoms with E-state index in [0.717, 1.165) is 12.8 Å². The van der Waals surface area contributed by atoms with Crippen molar-refractivity contribution in [3.8, 4) is 11.5 Å². The van der Waals surface area contributed by atoms with Gasteiger partial charge in [0.1, 0.15) is 0 Å². The second-order valence-corrected chi connectivity index (χ2v) is 5.35. The van der Waals surface area contributed by atoms with Crippen LogP contribution in [0.5, 0.6) is 11.5 Å². The maximum absolute atomic E-state index is 12.0. The number of para-hydroxylation sites is 2. The van der Waals surface area contributed by atoms with E-state index in [4.69, 9.17) is 9.05 Å². The molecule has 1 heterocycles. The summed E-state index contributed by atoms with van der Waals surface area (Å²) < 4.78 is 22.6. The highest BCUT2D eigenvalue weighted by Crippen LogP contribution is 2.58. The van der Waals surface area contributed by atoms with Crippen molar-refractivity contribution >= 4 is 7.60 Å². The summed E-state index contributed by atoms with van der Waals surface area (Å²) in [6.07, 6.45) is 2.36. The van der Waals surface area contributed by atoms with Gasteiger partial charge in [-0.15, -0.1) is 0 Å². The lowest BCUT2D eigenvalue weighted by atomic mass is 10.3. The van der Waals surface area contributed by atoms with Gasteiger partial charge in [0.25, 0.3) is 0 Å². The normalized spacial score (nSPS) is 16.9. The molecule has 0 atom stereocenters. The van der Waals surface area contributed by atoms with E-state index >= 15 is 0 Å². The number of benzene rings is 1. The molecule has 0 aromatic heterocycles. The number of rotatable bonds is 3. The van der Waals surface area contributed by atoms with E-state index in [1.54, 1.807) is 12.1 Å². The van der Waals surface area contributed by atoms with Crippen molar-refractivity contribution in [3.05, 3.63) is 24.3 Å². The molecule has 76 valence electrons. The second-order valence-electron chi connectivity index (χ2n) is 3.32. The van der Waals surface area contributed by atoms with Crippen LogP contribution in [0, 0.1) is 0 Å². The van der Waals surface area contributed by atoms with Crippen molar-refractivity contribution in [2.24, 2.45) is 0 Å². The highest BCUT2D eigenvalue weighted by Gasteiger charge is 2.35. The van der Waals surface area contributed by atoms with Crippen LogP contribution in [0.15, 0.2) is 24.3 Å². The third-order valence-electron chi connectivity index (χ3n) is 2.11. The molecule has 1 aromatic carbocycles. The van der Waals surface area contributed by atoms with Gasteiger partial charge in [-0.2, -0.15) is 0 Å². The number of hydrogen-bond acceptors (Lipinski definition) is 3. The fourth-order valence-corrected chi connectivity index (χ4v) is 3.19. The maximum atomic E-state index is 12.0. The van der Waals surface area contributed by atoms with Crippen molar-refractivity contribution in [1.82, 2.24) is 0 Å². The summed E-state index contributed by atoms with van der Waals surface area (Å²) in [7, 11) is -2.87. The summed E-state index contributed by atoms with van der Waals surface area (Å²) >= 11 is 0. The second kappa shape index (κ2) is 3.66. The minimum Gasteiger partial charge on any atom is -0.412 e.